The van der Waals surface area contributed by atoms with Crippen molar-refractivity contribution in [3.8, 4) is 0 Å². The van der Waals surface area contributed by atoms with Gasteiger partial charge in [0.15, 0.2) is 29.9 Å². The van der Waals surface area contributed by atoms with Crippen molar-refractivity contribution in [3.05, 3.63) is 12.7 Å². The maximum absolute atomic E-state index is 13.0. The minimum Gasteiger partial charge on any atom is -0.463 e. The summed E-state index contributed by atoms with van der Waals surface area (Å²) in [5.74, 6) is -1.82. The minimum absolute atomic E-state index is 0.0322. The summed E-state index contributed by atoms with van der Waals surface area (Å²) in [4.78, 5) is 34.3. The van der Waals surface area contributed by atoms with Crippen molar-refractivity contribution in [1.82, 2.24) is 19.5 Å². The van der Waals surface area contributed by atoms with Gasteiger partial charge in [0, 0.05) is 13.8 Å². The van der Waals surface area contributed by atoms with Gasteiger partial charge in [-0.05, 0) is 0 Å². The topological polar surface area (TPSA) is 175 Å². The zero-order chi connectivity index (χ0) is 23.8. The van der Waals surface area contributed by atoms with Gasteiger partial charge < -0.3 is 19.9 Å². The number of hydrogen-bond acceptors (Lipinski definition) is 12. The summed E-state index contributed by atoms with van der Waals surface area (Å²) in [6.07, 6.45) is -4.73. The number of nitrogens with two attached hydrogens (primary N) is 1. The van der Waals surface area contributed by atoms with Crippen LogP contribution in [-0.4, -0.2) is 70.3 Å². The highest BCUT2D eigenvalue weighted by molar-refractivity contribution is 7.87. The summed E-state index contributed by atoms with van der Waals surface area (Å²) in [5.41, 5.74) is -0.0787. The first-order valence-corrected chi connectivity index (χ1v) is 10.1. The van der Waals surface area contributed by atoms with Crippen molar-refractivity contribution in [3.63, 3.8) is 0 Å². The number of carbonyl (C=O) groups is 2. The molecule has 1 aliphatic rings. The van der Waals surface area contributed by atoms with E-state index >= 15 is 0 Å². The number of fused-ring (bicyclic) bond motifs is 1. The van der Waals surface area contributed by atoms with Crippen molar-refractivity contribution >= 4 is 39.0 Å². The van der Waals surface area contributed by atoms with Gasteiger partial charge in [0.25, 0.3) is 0 Å². The third-order valence-corrected chi connectivity index (χ3v) is 5.26. The third kappa shape index (κ3) is 4.58. The number of nitrogen functional groups attached to an aromatic ring is 1. The molecule has 2 aromatic heterocycles. The SMILES string of the molecule is CC(=O)OC[C@@H]1OC(n2cnc3c(N)ncnc32)[C@@H](OS(=O)(=O)C(F)(F)F)[C@H]1OC(C)=O. The van der Waals surface area contributed by atoms with E-state index in [1.165, 1.54) is 0 Å². The maximum Gasteiger partial charge on any atom is 0.523 e. The molecule has 13 nitrogen and oxygen atoms in total. The van der Waals surface area contributed by atoms with Gasteiger partial charge in [-0.1, -0.05) is 0 Å². The summed E-state index contributed by atoms with van der Waals surface area (Å²) in [5, 5.41) is 0. The van der Waals surface area contributed by atoms with Gasteiger partial charge in [-0.25, -0.2) is 15.0 Å². The highest BCUT2D eigenvalue weighted by atomic mass is 32.2. The molecule has 1 fully saturated rings. The molecule has 176 valence electrons. The molecule has 0 aliphatic carbocycles. The van der Waals surface area contributed by atoms with E-state index in [2.05, 4.69) is 19.1 Å². The van der Waals surface area contributed by atoms with Crippen LogP contribution in [0.4, 0.5) is 19.0 Å². The Morgan fingerprint density at radius 3 is 2.47 bits per heavy atom. The summed E-state index contributed by atoms with van der Waals surface area (Å²) < 4.78 is 83.4. The van der Waals surface area contributed by atoms with Crippen LogP contribution in [0.5, 0.6) is 0 Å². The van der Waals surface area contributed by atoms with Crippen molar-refractivity contribution in [1.29, 1.82) is 0 Å². The van der Waals surface area contributed by atoms with Crippen molar-refractivity contribution < 1.29 is 49.6 Å². The quantitative estimate of drug-likeness (QED) is 0.332. The Labute approximate surface area is 177 Å². The lowest BCUT2D eigenvalue weighted by Gasteiger charge is -2.24. The fourth-order valence-corrected chi connectivity index (χ4v) is 3.57. The fourth-order valence-electron chi connectivity index (χ4n) is 2.96. The zero-order valence-corrected chi connectivity index (χ0v) is 17.2. The molecule has 0 radical (unpaired) electrons. The molecule has 0 spiro atoms. The first kappa shape index (κ1) is 23.6. The van der Waals surface area contributed by atoms with Crippen LogP contribution in [0, 0.1) is 0 Å². The van der Waals surface area contributed by atoms with Crippen LogP contribution in [0.1, 0.15) is 20.1 Å². The smallest absolute Gasteiger partial charge is 0.463 e. The van der Waals surface area contributed by atoms with Crippen LogP contribution < -0.4 is 5.73 Å². The Hall–Kier alpha value is -3.05. The molecule has 1 saturated heterocycles. The number of imidazole rings is 1. The number of anilines is 1. The molecule has 0 saturated carbocycles. The van der Waals surface area contributed by atoms with Gasteiger partial charge in [-0.3, -0.25) is 18.3 Å². The van der Waals surface area contributed by atoms with E-state index in [1.807, 2.05) is 0 Å². The predicted octanol–water partition coefficient (Wildman–Crippen LogP) is 0.0355. The molecular weight excluding hydrogens is 467 g/mol. The van der Waals surface area contributed by atoms with Crippen molar-refractivity contribution in [2.24, 2.45) is 0 Å². The lowest BCUT2D eigenvalue weighted by molar-refractivity contribution is -0.157. The van der Waals surface area contributed by atoms with Gasteiger partial charge in [-0.2, -0.15) is 21.6 Å². The molecule has 0 aromatic carbocycles. The Kier molecular flexibility index (Phi) is 6.25. The van der Waals surface area contributed by atoms with E-state index in [1.54, 1.807) is 0 Å². The molecule has 0 bridgehead atoms. The van der Waals surface area contributed by atoms with Gasteiger partial charge in [0.05, 0.1) is 6.33 Å². The highest BCUT2D eigenvalue weighted by Crippen LogP contribution is 2.39. The predicted molar refractivity (Wildman–Crippen MR) is 95.7 cm³/mol. The Morgan fingerprint density at radius 1 is 1.19 bits per heavy atom. The lowest BCUT2D eigenvalue weighted by Crippen LogP contribution is -2.42. The molecule has 2 N–H and O–H groups in total. The van der Waals surface area contributed by atoms with Crippen LogP contribution in [0.25, 0.3) is 11.2 Å². The second kappa shape index (κ2) is 8.47. The Morgan fingerprint density at radius 2 is 1.88 bits per heavy atom. The lowest BCUT2D eigenvalue weighted by atomic mass is 10.1. The number of ether oxygens (including phenoxy) is 3. The van der Waals surface area contributed by atoms with Crippen LogP contribution in [0.3, 0.4) is 0 Å². The molecular formula is C15H16F3N5O8S. The number of nitrogens with zero attached hydrogens (tertiary/aromatic N) is 4. The van der Waals surface area contributed by atoms with Crippen LogP contribution >= 0.6 is 0 Å². The van der Waals surface area contributed by atoms with Gasteiger partial charge in [0.1, 0.15) is 24.6 Å². The van der Waals surface area contributed by atoms with E-state index in [0.717, 1.165) is 31.1 Å². The summed E-state index contributed by atoms with van der Waals surface area (Å²) in [6, 6.07) is 0. The summed E-state index contributed by atoms with van der Waals surface area (Å²) in [7, 11) is -6.16. The number of aromatic nitrogens is 4. The molecule has 3 rings (SSSR count). The summed E-state index contributed by atoms with van der Waals surface area (Å²) in [6.45, 7) is 1.41. The molecule has 17 heteroatoms. The minimum atomic E-state index is -6.16. The van der Waals surface area contributed by atoms with E-state index in [4.69, 9.17) is 19.9 Å². The number of alkyl halides is 3. The Bertz CT molecular complexity index is 1140. The zero-order valence-electron chi connectivity index (χ0n) is 16.3. The average molecular weight is 483 g/mol. The van der Waals surface area contributed by atoms with E-state index in [9.17, 15) is 31.2 Å². The molecule has 1 unspecified atom stereocenters. The molecule has 32 heavy (non-hydrogen) atoms. The van der Waals surface area contributed by atoms with Gasteiger partial charge in [0.2, 0.25) is 0 Å². The Balaban J connectivity index is 2.09. The molecule has 0 amide bonds. The maximum atomic E-state index is 13.0. The number of esters is 2. The van der Waals surface area contributed by atoms with E-state index < -0.39 is 58.7 Å². The monoisotopic (exact) mass is 483 g/mol. The second-order valence-corrected chi connectivity index (χ2v) is 8.05. The van der Waals surface area contributed by atoms with Gasteiger partial charge >= 0.3 is 27.6 Å². The van der Waals surface area contributed by atoms with Crippen LogP contribution in [0.2, 0.25) is 0 Å². The number of hydrogen-bond donors (Lipinski definition) is 1. The van der Waals surface area contributed by atoms with E-state index in [-0.39, 0.29) is 17.0 Å². The number of rotatable bonds is 6. The number of halogens is 3. The summed E-state index contributed by atoms with van der Waals surface area (Å²) >= 11 is 0. The largest absolute Gasteiger partial charge is 0.523 e. The highest BCUT2D eigenvalue weighted by Gasteiger charge is 2.56. The molecule has 1 aliphatic heterocycles. The first-order valence-electron chi connectivity index (χ1n) is 8.70. The average Bonchev–Trinajstić information content (AvgIpc) is 3.22. The van der Waals surface area contributed by atoms with Crippen LogP contribution in [-0.2, 0) is 38.1 Å². The molecule has 2 aromatic rings. The molecule has 4 atom stereocenters. The van der Waals surface area contributed by atoms with Crippen molar-refractivity contribution in [2.45, 2.75) is 43.9 Å². The second-order valence-electron chi connectivity index (χ2n) is 6.49. The third-order valence-electron chi connectivity index (χ3n) is 4.22. The van der Waals surface area contributed by atoms with Crippen molar-refractivity contribution in [2.75, 3.05) is 12.3 Å². The van der Waals surface area contributed by atoms with Gasteiger partial charge in [-0.15, -0.1) is 0 Å². The normalized spacial score (nSPS) is 23.9. The first-order chi connectivity index (χ1) is 14.8. The standard InChI is InChI=1S/C15H16F3N5O8S/c1-6(24)28-3-8-10(29-7(2)25)11(31-32(26,27)15(16,17)18)14(30-8)23-5-22-9-12(19)20-4-21-13(9)23/h4-5,8,10-11,14H,3H2,1-2H3,(H2,19,20,21)/t8-,10-,11-,14?/m0/s1. The fraction of sp³-hybridized carbons (Fsp3) is 0.533. The number of carbonyl (C=O) groups excluding carboxylic acids is 2. The molecule has 3 heterocycles. The van der Waals surface area contributed by atoms with E-state index in [0.29, 0.717) is 0 Å². The van der Waals surface area contributed by atoms with Crippen LogP contribution in [0.15, 0.2) is 12.7 Å².